The van der Waals surface area contributed by atoms with Crippen LogP contribution in [0.5, 0.6) is 0 Å². The van der Waals surface area contributed by atoms with Crippen molar-refractivity contribution in [3.05, 3.63) is 29.8 Å². The highest BCUT2D eigenvalue weighted by molar-refractivity contribution is 7.89. The molecule has 24 heavy (non-hydrogen) atoms. The summed E-state index contributed by atoms with van der Waals surface area (Å²) in [5, 5.41) is 2.64. The summed E-state index contributed by atoms with van der Waals surface area (Å²) in [6.07, 6.45) is 6.87. The number of hydrogen-bond donors (Lipinski definition) is 2. The molecule has 130 valence electrons. The molecule has 6 nitrogen and oxygen atoms in total. The fraction of sp³-hybridized carbons (Fsp3) is 0.471. The molecule has 2 N–H and O–H groups in total. The van der Waals surface area contributed by atoms with Crippen molar-refractivity contribution in [3.8, 4) is 12.3 Å². The number of amides is 2. The minimum Gasteiger partial charge on any atom is -0.327 e. The van der Waals surface area contributed by atoms with Gasteiger partial charge in [-0.05, 0) is 37.8 Å². The summed E-state index contributed by atoms with van der Waals surface area (Å²) in [4.78, 5) is 13.9. The van der Waals surface area contributed by atoms with Crippen LogP contribution < -0.4 is 10.0 Å². The third-order valence-electron chi connectivity index (χ3n) is 4.04. The molecule has 2 rings (SSSR count). The Labute approximate surface area is 143 Å². The van der Waals surface area contributed by atoms with Crippen LogP contribution in [0.4, 0.5) is 4.79 Å². The molecule has 0 aliphatic carbocycles. The molecule has 1 aliphatic heterocycles. The van der Waals surface area contributed by atoms with E-state index in [2.05, 4.69) is 16.0 Å². The van der Waals surface area contributed by atoms with Gasteiger partial charge in [-0.3, -0.25) is 0 Å². The molecule has 1 fully saturated rings. The molecule has 0 aromatic heterocycles. The lowest BCUT2D eigenvalue weighted by Crippen LogP contribution is -2.47. The van der Waals surface area contributed by atoms with Gasteiger partial charge in [0.15, 0.2) is 0 Å². The van der Waals surface area contributed by atoms with E-state index in [1.165, 1.54) is 0 Å². The summed E-state index contributed by atoms with van der Waals surface area (Å²) >= 11 is 0. The van der Waals surface area contributed by atoms with Crippen molar-refractivity contribution in [2.75, 3.05) is 26.2 Å². The molecule has 1 saturated heterocycles. The molecular weight excluding hydrogens is 326 g/mol. The number of aryl methyl sites for hydroxylation is 1. The van der Waals surface area contributed by atoms with Crippen molar-refractivity contribution in [2.45, 2.75) is 24.7 Å². The Morgan fingerprint density at radius 1 is 1.38 bits per heavy atom. The fourth-order valence-electron chi connectivity index (χ4n) is 2.68. The van der Waals surface area contributed by atoms with E-state index in [0.717, 1.165) is 18.4 Å². The monoisotopic (exact) mass is 349 g/mol. The highest BCUT2D eigenvalue weighted by atomic mass is 32.2. The second-order valence-electron chi connectivity index (χ2n) is 5.98. The predicted molar refractivity (Wildman–Crippen MR) is 92.9 cm³/mol. The van der Waals surface area contributed by atoms with E-state index < -0.39 is 10.0 Å². The minimum absolute atomic E-state index is 0.0931. The first-order chi connectivity index (χ1) is 11.4. The van der Waals surface area contributed by atoms with Crippen LogP contribution in [0.3, 0.4) is 0 Å². The fourth-order valence-corrected chi connectivity index (χ4v) is 3.80. The quantitative estimate of drug-likeness (QED) is 0.787. The number of nitrogens with one attached hydrogen (secondary N) is 2. The first-order valence-electron chi connectivity index (χ1n) is 7.95. The van der Waals surface area contributed by atoms with Crippen LogP contribution in [0.15, 0.2) is 29.2 Å². The highest BCUT2D eigenvalue weighted by Crippen LogP contribution is 2.17. The molecule has 1 aliphatic rings. The number of terminal acetylenes is 1. The Kier molecular flexibility index (Phi) is 6.23. The number of urea groups is 1. The van der Waals surface area contributed by atoms with Gasteiger partial charge in [-0.25, -0.2) is 17.9 Å². The third kappa shape index (κ3) is 4.98. The molecule has 2 amide bonds. The topological polar surface area (TPSA) is 78.5 Å². The molecule has 1 unspecified atom stereocenters. The zero-order chi connectivity index (χ0) is 17.6. The van der Waals surface area contributed by atoms with Gasteiger partial charge < -0.3 is 10.2 Å². The summed E-state index contributed by atoms with van der Waals surface area (Å²) in [7, 11) is -3.52. The Balaban J connectivity index is 1.90. The maximum absolute atomic E-state index is 12.3. The van der Waals surface area contributed by atoms with Crippen LogP contribution in [-0.4, -0.2) is 45.5 Å². The number of sulfonamides is 1. The lowest BCUT2D eigenvalue weighted by molar-refractivity contribution is 0.167. The normalized spacial score (nSPS) is 18.0. The van der Waals surface area contributed by atoms with Crippen molar-refractivity contribution >= 4 is 16.1 Å². The summed E-state index contributed by atoms with van der Waals surface area (Å²) in [6, 6.07) is 6.54. The SMILES string of the molecule is C#CCNC(=O)N1CCCC(CNS(=O)(=O)c2ccc(C)cc2)C1. The number of benzene rings is 1. The van der Waals surface area contributed by atoms with Crippen LogP contribution in [-0.2, 0) is 10.0 Å². The molecule has 0 radical (unpaired) electrons. The van der Waals surface area contributed by atoms with Gasteiger partial charge >= 0.3 is 6.03 Å². The first-order valence-corrected chi connectivity index (χ1v) is 9.43. The van der Waals surface area contributed by atoms with Gasteiger partial charge in [0.05, 0.1) is 11.4 Å². The molecule has 7 heteroatoms. The third-order valence-corrected chi connectivity index (χ3v) is 5.48. The molecular formula is C17H23N3O3S. The van der Waals surface area contributed by atoms with Gasteiger partial charge in [-0.15, -0.1) is 6.42 Å². The predicted octanol–water partition coefficient (Wildman–Crippen LogP) is 1.33. The number of likely N-dealkylation sites (tertiary alicyclic amines) is 1. The van der Waals surface area contributed by atoms with Gasteiger partial charge in [0, 0.05) is 19.6 Å². The van der Waals surface area contributed by atoms with Crippen LogP contribution in [0, 0.1) is 25.2 Å². The Morgan fingerprint density at radius 3 is 2.75 bits per heavy atom. The minimum atomic E-state index is -3.52. The Bertz CT molecular complexity index is 708. The molecule has 1 aromatic rings. The second-order valence-corrected chi connectivity index (χ2v) is 7.75. The smallest absolute Gasteiger partial charge is 0.318 e. The number of carbonyl (C=O) groups is 1. The number of rotatable bonds is 5. The highest BCUT2D eigenvalue weighted by Gasteiger charge is 2.25. The van der Waals surface area contributed by atoms with E-state index in [9.17, 15) is 13.2 Å². The maximum Gasteiger partial charge on any atom is 0.318 e. The van der Waals surface area contributed by atoms with E-state index in [0.29, 0.717) is 19.6 Å². The Morgan fingerprint density at radius 2 is 2.08 bits per heavy atom. The largest absolute Gasteiger partial charge is 0.327 e. The van der Waals surface area contributed by atoms with Crippen molar-refractivity contribution in [2.24, 2.45) is 5.92 Å². The average Bonchev–Trinajstić information content (AvgIpc) is 2.58. The summed E-state index contributed by atoms with van der Waals surface area (Å²) < 4.78 is 27.3. The van der Waals surface area contributed by atoms with Crippen molar-refractivity contribution in [1.29, 1.82) is 0 Å². The number of carbonyl (C=O) groups excluding carboxylic acids is 1. The van der Waals surface area contributed by atoms with Crippen molar-refractivity contribution < 1.29 is 13.2 Å². The van der Waals surface area contributed by atoms with Crippen molar-refractivity contribution in [1.82, 2.24) is 14.9 Å². The van der Waals surface area contributed by atoms with E-state index in [4.69, 9.17) is 6.42 Å². The average molecular weight is 349 g/mol. The molecule has 0 bridgehead atoms. The van der Waals surface area contributed by atoms with Crippen molar-refractivity contribution in [3.63, 3.8) is 0 Å². The summed E-state index contributed by atoms with van der Waals surface area (Å²) in [6.45, 7) is 3.60. The molecule has 0 spiro atoms. The summed E-state index contributed by atoms with van der Waals surface area (Å²) in [5.41, 5.74) is 1.01. The lowest BCUT2D eigenvalue weighted by atomic mass is 9.99. The molecule has 1 heterocycles. The molecule has 1 atom stereocenters. The van der Waals surface area contributed by atoms with Gasteiger partial charge in [-0.2, -0.15) is 0 Å². The molecule has 0 saturated carbocycles. The van der Waals surface area contributed by atoms with Crippen LogP contribution in [0.2, 0.25) is 0 Å². The maximum atomic E-state index is 12.3. The molecule has 1 aromatic carbocycles. The van der Waals surface area contributed by atoms with Gasteiger partial charge in [-0.1, -0.05) is 23.6 Å². The lowest BCUT2D eigenvalue weighted by Gasteiger charge is -2.32. The van der Waals surface area contributed by atoms with E-state index in [1.807, 2.05) is 6.92 Å². The van der Waals surface area contributed by atoms with Crippen LogP contribution in [0.1, 0.15) is 18.4 Å². The Hall–Kier alpha value is -2.04. The number of piperidine rings is 1. The summed E-state index contributed by atoms with van der Waals surface area (Å²) in [5.74, 6) is 2.46. The zero-order valence-electron chi connectivity index (χ0n) is 13.8. The van der Waals surface area contributed by atoms with Gasteiger partial charge in [0.2, 0.25) is 10.0 Å². The first kappa shape index (κ1) is 18.3. The number of hydrogen-bond acceptors (Lipinski definition) is 3. The van der Waals surface area contributed by atoms with Crippen LogP contribution in [0.25, 0.3) is 0 Å². The van der Waals surface area contributed by atoms with E-state index >= 15 is 0 Å². The second kappa shape index (κ2) is 8.18. The van der Waals surface area contributed by atoms with E-state index in [1.54, 1.807) is 29.2 Å². The number of nitrogens with zero attached hydrogens (tertiary/aromatic N) is 1. The standard InChI is InChI=1S/C17H23N3O3S/c1-3-10-18-17(21)20-11-4-5-15(13-20)12-19-24(22,23)16-8-6-14(2)7-9-16/h1,6-9,15,19H,4-5,10-13H2,2H3,(H,18,21). The zero-order valence-corrected chi connectivity index (χ0v) is 14.6. The van der Waals surface area contributed by atoms with Gasteiger partial charge in [0.1, 0.15) is 0 Å². The van der Waals surface area contributed by atoms with Crippen LogP contribution >= 0.6 is 0 Å². The van der Waals surface area contributed by atoms with Gasteiger partial charge in [0.25, 0.3) is 0 Å². The van der Waals surface area contributed by atoms with E-state index in [-0.39, 0.29) is 23.4 Å².